The molecule has 1 saturated heterocycles. The second-order valence-corrected chi connectivity index (χ2v) is 6.65. The van der Waals surface area contributed by atoms with E-state index in [0.717, 1.165) is 12.8 Å². The van der Waals surface area contributed by atoms with Crippen LogP contribution in [0.4, 0.5) is 0 Å². The van der Waals surface area contributed by atoms with Gasteiger partial charge in [-0.15, -0.1) is 0 Å². The standard InChI is InChI=1S/C14H28NO9P/c1-9(17)15-11-13(19)12(18)10(8-16)24-14(11)22-6-4-2-3-5-7-23-25(20)21/h10-14,16,18-19,25H,2-8H2,1H3,(H,15,17)(H,20,21)/t10?,11-,12-,13?,14+/m0/s1. The highest BCUT2D eigenvalue weighted by atomic mass is 31.1. The average molecular weight is 385 g/mol. The minimum Gasteiger partial charge on any atom is -0.394 e. The second-order valence-electron chi connectivity index (χ2n) is 5.83. The Labute approximate surface area is 147 Å². The summed E-state index contributed by atoms with van der Waals surface area (Å²) in [5, 5.41) is 31.7. The van der Waals surface area contributed by atoms with E-state index in [1.807, 2.05) is 0 Å². The zero-order valence-electron chi connectivity index (χ0n) is 14.2. The van der Waals surface area contributed by atoms with Gasteiger partial charge in [-0.25, -0.2) is 0 Å². The van der Waals surface area contributed by atoms with E-state index in [1.165, 1.54) is 6.92 Å². The normalized spacial score (nSPS) is 30.8. The summed E-state index contributed by atoms with van der Waals surface area (Å²) in [5.41, 5.74) is 0. The van der Waals surface area contributed by atoms with Crippen LogP contribution in [0.3, 0.4) is 0 Å². The number of carbonyl (C=O) groups is 1. The maximum Gasteiger partial charge on any atom is 0.316 e. The van der Waals surface area contributed by atoms with E-state index in [1.54, 1.807) is 0 Å². The summed E-state index contributed by atoms with van der Waals surface area (Å²) in [7, 11) is -2.87. The number of aliphatic hydroxyl groups excluding tert-OH is 3. The molecular weight excluding hydrogens is 357 g/mol. The number of nitrogens with one attached hydrogen (secondary N) is 1. The molecule has 0 aromatic heterocycles. The van der Waals surface area contributed by atoms with E-state index in [2.05, 4.69) is 9.84 Å². The Balaban J connectivity index is 2.36. The summed E-state index contributed by atoms with van der Waals surface area (Å²) in [6, 6.07) is -0.939. The van der Waals surface area contributed by atoms with Gasteiger partial charge in [0.25, 0.3) is 0 Å². The molecule has 148 valence electrons. The van der Waals surface area contributed by atoms with Crippen molar-refractivity contribution in [3.63, 3.8) is 0 Å². The van der Waals surface area contributed by atoms with E-state index >= 15 is 0 Å². The Bertz CT molecular complexity index is 425. The molecular formula is C14H28NO9P. The quantitative estimate of drug-likeness (QED) is 0.220. The molecule has 0 aliphatic carbocycles. The van der Waals surface area contributed by atoms with Gasteiger partial charge in [0.15, 0.2) is 6.29 Å². The first-order valence-electron chi connectivity index (χ1n) is 8.23. The van der Waals surface area contributed by atoms with Gasteiger partial charge in [0, 0.05) is 13.5 Å². The number of rotatable bonds is 11. The van der Waals surface area contributed by atoms with Crippen molar-refractivity contribution >= 4 is 14.2 Å². The Morgan fingerprint density at radius 1 is 1.16 bits per heavy atom. The Morgan fingerprint density at radius 3 is 2.36 bits per heavy atom. The summed E-state index contributed by atoms with van der Waals surface area (Å²) in [6.45, 7) is 1.31. The lowest BCUT2D eigenvalue weighted by molar-refractivity contribution is -0.270. The van der Waals surface area contributed by atoms with Crippen LogP contribution in [0.15, 0.2) is 0 Å². The molecule has 0 aromatic rings. The first kappa shape index (κ1) is 22.5. The summed E-state index contributed by atoms with van der Waals surface area (Å²) in [5.74, 6) is -0.404. The van der Waals surface area contributed by atoms with E-state index in [-0.39, 0.29) is 6.61 Å². The van der Waals surface area contributed by atoms with Gasteiger partial charge in [-0.1, -0.05) is 12.8 Å². The fourth-order valence-electron chi connectivity index (χ4n) is 2.53. The zero-order chi connectivity index (χ0) is 18.8. The number of aliphatic hydroxyl groups is 3. The van der Waals surface area contributed by atoms with Crippen molar-refractivity contribution in [3.05, 3.63) is 0 Å². The molecule has 0 spiro atoms. The van der Waals surface area contributed by atoms with Crippen molar-refractivity contribution in [1.29, 1.82) is 0 Å². The van der Waals surface area contributed by atoms with Crippen LogP contribution in [-0.2, 0) is 23.4 Å². The molecule has 1 aliphatic rings. The molecule has 3 unspecified atom stereocenters. The number of amides is 1. The number of unbranched alkanes of at least 4 members (excludes halogenated alkanes) is 3. The van der Waals surface area contributed by atoms with E-state index in [4.69, 9.17) is 14.4 Å². The van der Waals surface area contributed by atoms with Crippen LogP contribution in [0, 0.1) is 0 Å². The molecule has 1 heterocycles. The molecule has 25 heavy (non-hydrogen) atoms. The third-order valence-electron chi connectivity index (χ3n) is 3.80. The molecule has 11 heteroatoms. The third kappa shape index (κ3) is 8.10. The number of carbonyl (C=O) groups excluding carboxylic acids is 1. The summed E-state index contributed by atoms with van der Waals surface area (Å²) in [4.78, 5) is 19.8. The molecule has 6 atom stereocenters. The van der Waals surface area contributed by atoms with Crippen LogP contribution in [-0.4, -0.2) is 76.6 Å². The van der Waals surface area contributed by atoms with Crippen molar-refractivity contribution in [1.82, 2.24) is 5.32 Å². The van der Waals surface area contributed by atoms with Crippen molar-refractivity contribution in [2.45, 2.75) is 63.3 Å². The van der Waals surface area contributed by atoms with Gasteiger partial charge >= 0.3 is 8.25 Å². The Hall–Kier alpha value is -0.580. The van der Waals surface area contributed by atoms with E-state index < -0.39 is 51.4 Å². The molecule has 10 nitrogen and oxygen atoms in total. The predicted molar refractivity (Wildman–Crippen MR) is 87.0 cm³/mol. The van der Waals surface area contributed by atoms with Crippen LogP contribution in [0.1, 0.15) is 32.6 Å². The van der Waals surface area contributed by atoms with Gasteiger partial charge in [0.2, 0.25) is 5.91 Å². The number of ether oxygens (including phenoxy) is 2. The molecule has 0 aromatic carbocycles. The monoisotopic (exact) mass is 385 g/mol. The molecule has 0 saturated carbocycles. The highest BCUT2D eigenvalue weighted by Gasteiger charge is 2.45. The molecule has 1 rings (SSSR count). The van der Waals surface area contributed by atoms with Crippen molar-refractivity contribution < 1.29 is 43.6 Å². The highest BCUT2D eigenvalue weighted by Crippen LogP contribution is 2.22. The Kier molecular flexibility index (Phi) is 10.7. The molecule has 1 amide bonds. The lowest BCUT2D eigenvalue weighted by atomic mass is 9.97. The second kappa shape index (κ2) is 11.9. The highest BCUT2D eigenvalue weighted by molar-refractivity contribution is 7.32. The van der Waals surface area contributed by atoms with Crippen LogP contribution in [0.2, 0.25) is 0 Å². The summed E-state index contributed by atoms with van der Waals surface area (Å²) < 4.78 is 25.9. The fraction of sp³-hybridized carbons (Fsp3) is 0.929. The lowest BCUT2D eigenvalue weighted by Crippen LogP contribution is -2.64. The fourth-order valence-corrected chi connectivity index (χ4v) is 2.85. The largest absolute Gasteiger partial charge is 0.394 e. The number of hydrogen-bond donors (Lipinski definition) is 5. The van der Waals surface area contributed by atoms with Gasteiger partial charge in [-0.3, -0.25) is 9.36 Å². The van der Waals surface area contributed by atoms with Gasteiger partial charge in [-0.05, 0) is 12.8 Å². The van der Waals surface area contributed by atoms with Gasteiger partial charge < -0.3 is 39.5 Å². The molecule has 0 bridgehead atoms. The van der Waals surface area contributed by atoms with Crippen molar-refractivity contribution in [2.75, 3.05) is 19.8 Å². The maximum absolute atomic E-state index is 11.3. The molecule has 1 fully saturated rings. The molecule has 0 radical (unpaired) electrons. The van der Waals surface area contributed by atoms with Gasteiger partial charge in [-0.2, -0.15) is 0 Å². The predicted octanol–water partition coefficient (Wildman–Crippen LogP) is -1.09. The minimum atomic E-state index is -2.87. The SMILES string of the molecule is CC(=O)N[C@H]1C(O)[C@@H](O)C(CO)O[C@H]1OCCCCCCO[PH](=O)O. The van der Waals surface area contributed by atoms with Crippen LogP contribution in [0.5, 0.6) is 0 Å². The Morgan fingerprint density at radius 2 is 1.80 bits per heavy atom. The van der Waals surface area contributed by atoms with Crippen LogP contribution < -0.4 is 5.32 Å². The zero-order valence-corrected chi connectivity index (χ0v) is 15.2. The maximum atomic E-state index is 11.3. The van der Waals surface area contributed by atoms with Crippen molar-refractivity contribution in [2.24, 2.45) is 0 Å². The van der Waals surface area contributed by atoms with Crippen LogP contribution >= 0.6 is 8.25 Å². The minimum absolute atomic E-state index is 0.230. The summed E-state index contributed by atoms with van der Waals surface area (Å²) in [6.07, 6.45) is -1.72. The van der Waals surface area contributed by atoms with E-state index in [9.17, 15) is 24.7 Å². The first-order chi connectivity index (χ1) is 11.9. The average Bonchev–Trinajstić information content (AvgIpc) is 2.55. The number of hydrogen-bond acceptors (Lipinski definition) is 8. The van der Waals surface area contributed by atoms with E-state index in [0.29, 0.717) is 19.4 Å². The first-order valence-corrected chi connectivity index (χ1v) is 9.50. The third-order valence-corrected chi connectivity index (χ3v) is 4.25. The van der Waals surface area contributed by atoms with Crippen molar-refractivity contribution in [3.8, 4) is 0 Å². The smallest absolute Gasteiger partial charge is 0.316 e. The van der Waals surface area contributed by atoms with Crippen LogP contribution in [0.25, 0.3) is 0 Å². The summed E-state index contributed by atoms with van der Waals surface area (Å²) >= 11 is 0. The lowest BCUT2D eigenvalue weighted by Gasteiger charge is -2.42. The molecule has 5 N–H and O–H groups in total. The van der Waals surface area contributed by atoms with Gasteiger partial charge in [0.05, 0.1) is 13.2 Å². The van der Waals surface area contributed by atoms with Gasteiger partial charge in [0.1, 0.15) is 24.4 Å². The molecule has 1 aliphatic heterocycles. The topological polar surface area (TPSA) is 155 Å².